The summed E-state index contributed by atoms with van der Waals surface area (Å²) in [5.41, 5.74) is 3.28. The lowest BCUT2D eigenvalue weighted by Gasteiger charge is -2.25. The maximum absolute atomic E-state index is 5.27. The standard InChI is InChI=1S/C18H20N4O/c1-14-5-3-7-16-17(14)18(21-13-20-16)22(9-10-23-2)12-15-6-4-8-19-11-15/h3-8,11,13H,9-10,12H2,1-2H3. The molecule has 0 spiro atoms. The van der Waals surface area contributed by atoms with Crippen LogP contribution in [-0.2, 0) is 11.3 Å². The van der Waals surface area contributed by atoms with E-state index in [4.69, 9.17) is 4.74 Å². The number of aromatic nitrogens is 3. The molecule has 2 heterocycles. The van der Waals surface area contributed by atoms with Crippen LogP contribution in [-0.4, -0.2) is 35.2 Å². The summed E-state index contributed by atoms with van der Waals surface area (Å²) in [6.45, 7) is 4.22. The van der Waals surface area contributed by atoms with E-state index in [2.05, 4.69) is 38.9 Å². The van der Waals surface area contributed by atoms with Crippen LogP contribution in [0.2, 0.25) is 0 Å². The third-order valence-corrected chi connectivity index (χ3v) is 3.81. The van der Waals surface area contributed by atoms with Crippen LogP contribution in [0.5, 0.6) is 0 Å². The number of fused-ring (bicyclic) bond motifs is 1. The molecule has 0 unspecified atom stereocenters. The number of nitrogens with zero attached hydrogens (tertiary/aromatic N) is 4. The van der Waals surface area contributed by atoms with E-state index in [0.717, 1.165) is 35.4 Å². The zero-order valence-electron chi connectivity index (χ0n) is 13.4. The molecule has 3 rings (SSSR count). The molecule has 1 aromatic carbocycles. The van der Waals surface area contributed by atoms with Gasteiger partial charge in [0.1, 0.15) is 12.1 Å². The second-order valence-corrected chi connectivity index (χ2v) is 5.44. The van der Waals surface area contributed by atoms with Crippen LogP contribution in [0.25, 0.3) is 10.9 Å². The van der Waals surface area contributed by atoms with Gasteiger partial charge in [-0.3, -0.25) is 4.98 Å². The Kier molecular flexibility index (Phi) is 4.78. The van der Waals surface area contributed by atoms with E-state index < -0.39 is 0 Å². The Labute approximate surface area is 136 Å². The van der Waals surface area contributed by atoms with Crippen molar-refractivity contribution in [2.45, 2.75) is 13.5 Å². The normalized spacial score (nSPS) is 10.9. The average molecular weight is 308 g/mol. The van der Waals surface area contributed by atoms with Gasteiger partial charge in [-0.15, -0.1) is 0 Å². The molecule has 0 amide bonds. The van der Waals surface area contributed by atoms with E-state index in [9.17, 15) is 0 Å². The number of benzene rings is 1. The number of anilines is 1. The molecule has 0 radical (unpaired) electrons. The van der Waals surface area contributed by atoms with Gasteiger partial charge in [0, 0.05) is 38.0 Å². The molecule has 23 heavy (non-hydrogen) atoms. The fraction of sp³-hybridized carbons (Fsp3) is 0.278. The molecule has 118 valence electrons. The minimum Gasteiger partial charge on any atom is -0.383 e. The van der Waals surface area contributed by atoms with Crippen molar-refractivity contribution in [3.8, 4) is 0 Å². The van der Waals surface area contributed by atoms with Crippen LogP contribution in [0.4, 0.5) is 5.82 Å². The van der Waals surface area contributed by atoms with Crippen LogP contribution in [0, 0.1) is 6.92 Å². The highest BCUT2D eigenvalue weighted by Crippen LogP contribution is 2.27. The molecule has 5 nitrogen and oxygen atoms in total. The first-order valence-corrected chi connectivity index (χ1v) is 7.62. The van der Waals surface area contributed by atoms with Crippen molar-refractivity contribution in [1.29, 1.82) is 0 Å². The Morgan fingerprint density at radius 1 is 1.13 bits per heavy atom. The number of rotatable bonds is 6. The average Bonchev–Trinajstić information content (AvgIpc) is 2.59. The minimum atomic E-state index is 0.637. The lowest BCUT2D eigenvalue weighted by molar-refractivity contribution is 0.205. The largest absolute Gasteiger partial charge is 0.383 e. The predicted octanol–water partition coefficient (Wildman–Crippen LogP) is 2.99. The molecular weight excluding hydrogens is 288 g/mol. The van der Waals surface area contributed by atoms with Crippen LogP contribution >= 0.6 is 0 Å². The molecule has 0 N–H and O–H groups in total. The zero-order chi connectivity index (χ0) is 16.1. The van der Waals surface area contributed by atoms with E-state index in [1.54, 1.807) is 19.6 Å². The van der Waals surface area contributed by atoms with Crippen LogP contribution in [0.15, 0.2) is 49.1 Å². The number of methoxy groups -OCH3 is 1. The molecule has 0 saturated heterocycles. The molecule has 0 aliphatic heterocycles. The minimum absolute atomic E-state index is 0.637. The number of hydrogen-bond acceptors (Lipinski definition) is 5. The van der Waals surface area contributed by atoms with E-state index in [1.165, 1.54) is 5.56 Å². The van der Waals surface area contributed by atoms with E-state index >= 15 is 0 Å². The van der Waals surface area contributed by atoms with E-state index in [1.807, 2.05) is 24.4 Å². The van der Waals surface area contributed by atoms with Gasteiger partial charge in [-0.05, 0) is 30.2 Å². The van der Waals surface area contributed by atoms with Crippen molar-refractivity contribution in [3.05, 3.63) is 60.2 Å². The zero-order valence-corrected chi connectivity index (χ0v) is 13.4. The maximum Gasteiger partial charge on any atom is 0.140 e. The van der Waals surface area contributed by atoms with E-state index in [0.29, 0.717) is 6.61 Å². The highest BCUT2D eigenvalue weighted by Gasteiger charge is 2.14. The van der Waals surface area contributed by atoms with Crippen molar-refractivity contribution < 1.29 is 4.74 Å². The van der Waals surface area contributed by atoms with Crippen molar-refractivity contribution in [3.63, 3.8) is 0 Å². The second kappa shape index (κ2) is 7.15. The molecule has 2 aromatic heterocycles. The molecule has 3 aromatic rings. The van der Waals surface area contributed by atoms with Crippen LogP contribution in [0.1, 0.15) is 11.1 Å². The summed E-state index contributed by atoms with van der Waals surface area (Å²) >= 11 is 0. The first kappa shape index (κ1) is 15.4. The Morgan fingerprint density at radius 2 is 2.04 bits per heavy atom. The summed E-state index contributed by atoms with van der Waals surface area (Å²) in [7, 11) is 1.71. The topological polar surface area (TPSA) is 51.1 Å². The van der Waals surface area contributed by atoms with Gasteiger partial charge in [0.05, 0.1) is 12.1 Å². The molecule has 0 aliphatic rings. The lowest BCUT2D eigenvalue weighted by Crippen LogP contribution is -2.28. The Bertz CT molecular complexity index is 771. The fourth-order valence-corrected chi connectivity index (χ4v) is 2.67. The number of pyridine rings is 1. The molecule has 0 bridgehead atoms. The molecular formula is C18H20N4O. The number of hydrogen-bond donors (Lipinski definition) is 0. The second-order valence-electron chi connectivity index (χ2n) is 5.44. The van der Waals surface area contributed by atoms with Crippen LogP contribution in [0.3, 0.4) is 0 Å². The summed E-state index contributed by atoms with van der Waals surface area (Å²) in [4.78, 5) is 15.4. The number of ether oxygens (including phenoxy) is 1. The number of aryl methyl sites for hydroxylation is 1. The Morgan fingerprint density at radius 3 is 2.83 bits per heavy atom. The van der Waals surface area contributed by atoms with Crippen molar-refractivity contribution >= 4 is 16.7 Å². The smallest absolute Gasteiger partial charge is 0.140 e. The third-order valence-electron chi connectivity index (χ3n) is 3.81. The maximum atomic E-state index is 5.27. The summed E-state index contributed by atoms with van der Waals surface area (Å²) < 4.78 is 5.27. The van der Waals surface area contributed by atoms with Gasteiger partial charge in [0.2, 0.25) is 0 Å². The summed E-state index contributed by atoms with van der Waals surface area (Å²) in [5, 5.41) is 1.09. The van der Waals surface area contributed by atoms with Gasteiger partial charge in [-0.2, -0.15) is 0 Å². The van der Waals surface area contributed by atoms with Gasteiger partial charge >= 0.3 is 0 Å². The summed E-state index contributed by atoms with van der Waals surface area (Å²) in [5.74, 6) is 0.939. The van der Waals surface area contributed by atoms with Gasteiger partial charge < -0.3 is 9.64 Å². The quantitative estimate of drug-likeness (QED) is 0.700. The molecule has 0 aliphatic carbocycles. The van der Waals surface area contributed by atoms with Gasteiger partial charge in [0.15, 0.2) is 0 Å². The first-order valence-electron chi connectivity index (χ1n) is 7.62. The molecule has 5 heteroatoms. The predicted molar refractivity (Wildman–Crippen MR) is 91.4 cm³/mol. The van der Waals surface area contributed by atoms with Crippen LogP contribution < -0.4 is 4.90 Å². The monoisotopic (exact) mass is 308 g/mol. The molecule has 0 fully saturated rings. The van der Waals surface area contributed by atoms with Gasteiger partial charge in [-0.1, -0.05) is 18.2 Å². The van der Waals surface area contributed by atoms with Gasteiger partial charge in [-0.25, -0.2) is 9.97 Å². The molecule has 0 atom stereocenters. The van der Waals surface area contributed by atoms with Crippen molar-refractivity contribution in [1.82, 2.24) is 15.0 Å². The highest BCUT2D eigenvalue weighted by molar-refractivity contribution is 5.92. The van der Waals surface area contributed by atoms with E-state index in [-0.39, 0.29) is 0 Å². The SMILES string of the molecule is COCCN(Cc1cccnc1)c1ncnc2cccc(C)c12. The fourth-order valence-electron chi connectivity index (χ4n) is 2.67. The molecule has 0 saturated carbocycles. The first-order chi connectivity index (χ1) is 11.3. The lowest BCUT2D eigenvalue weighted by atomic mass is 10.1. The van der Waals surface area contributed by atoms with Gasteiger partial charge in [0.25, 0.3) is 0 Å². The Hall–Kier alpha value is -2.53. The summed E-state index contributed by atoms with van der Waals surface area (Å²) in [6, 6.07) is 10.2. The summed E-state index contributed by atoms with van der Waals surface area (Å²) in [6.07, 6.45) is 5.30. The third kappa shape index (κ3) is 3.46. The van der Waals surface area contributed by atoms with Crippen molar-refractivity contribution in [2.24, 2.45) is 0 Å². The highest BCUT2D eigenvalue weighted by atomic mass is 16.5. The Balaban J connectivity index is 2.02. The van der Waals surface area contributed by atoms with Crippen molar-refractivity contribution in [2.75, 3.05) is 25.2 Å².